The normalized spacial score (nSPS) is 10.9. The molecule has 2 aromatic rings. The van der Waals surface area contributed by atoms with Gasteiger partial charge in [0.15, 0.2) is 6.29 Å². The molecule has 1 atom stereocenters. The molecule has 106 valence electrons. The van der Waals surface area contributed by atoms with E-state index in [1.807, 2.05) is 0 Å². The SMILES string of the molecule is CNC(=O)NC(C#Cc1cccnc1-c1cn[nH]c1)C=O. The van der Waals surface area contributed by atoms with Crippen molar-refractivity contribution in [1.29, 1.82) is 0 Å². The molecule has 0 aliphatic carbocycles. The summed E-state index contributed by atoms with van der Waals surface area (Å²) in [5, 5.41) is 11.3. The number of pyridine rings is 1. The van der Waals surface area contributed by atoms with Crippen molar-refractivity contribution in [2.75, 3.05) is 7.05 Å². The number of urea groups is 1. The predicted octanol–water partition coefficient (Wildman–Crippen LogP) is 0.320. The lowest BCUT2D eigenvalue weighted by atomic mass is 10.1. The maximum Gasteiger partial charge on any atom is 0.315 e. The maximum absolute atomic E-state index is 11.2. The molecule has 0 aromatic carbocycles. The van der Waals surface area contributed by atoms with Gasteiger partial charge in [0.2, 0.25) is 0 Å². The Kier molecular flexibility index (Phi) is 4.66. The van der Waals surface area contributed by atoms with Gasteiger partial charge in [-0.25, -0.2) is 4.79 Å². The molecular weight excluding hydrogens is 270 g/mol. The van der Waals surface area contributed by atoms with E-state index in [-0.39, 0.29) is 0 Å². The van der Waals surface area contributed by atoms with E-state index in [1.165, 1.54) is 7.05 Å². The molecule has 0 spiro atoms. The molecule has 1 unspecified atom stereocenters. The van der Waals surface area contributed by atoms with E-state index in [4.69, 9.17) is 0 Å². The van der Waals surface area contributed by atoms with Gasteiger partial charge in [-0.2, -0.15) is 5.10 Å². The number of rotatable bonds is 3. The van der Waals surface area contributed by atoms with Gasteiger partial charge in [-0.1, -0.05) is 11.8 Å². The topological polar surface area (TPSA) is 99.8 Å². The van der Waals surface area contributed by atoms with E-state index >= 15 is 0 Å². The average Bonchev–Trinajstić information content (AvgIpc) is 3.05. The number of amides is 2. The largest absolute Gasteiger partial charge is 0.341 e. The number of nitrogens with zero attached hydrogens (tertiary/aromatic N) is 2. The van der Waals surface area contributed by atoms with Crippen LogP contribution >= 0.6 is 0 Å². The minimum Gasteiger partial charge on any atom is -0.341 e. The van der Waals surface area contributed by atoms with Gasteiger partial charge in [0.25, 0.3) is 0 Å². The smallest absolute Gasteiger partial charge is 0.315 e. The summed E-state index contributed by atoms with van der Waals surface area (Å²) in [6.45, 7) is 0. The Morgan fingerprint density at radius 1 is 1.52 bits per heavy atom. The summed E-state index contributed by atoms with van der Waals surface area (Å²) in [7, 11) is 1.46. The molecule has 0 aliphatic heterocycles. The van der Waals surface area contributed by atoms with Crippen LogP contribution in [-0.2, 0) is 4.79 Å². The standard InChI is InChI=1S/C14H13N5O2/c1-15-14(21)19-12(9-20)5-4-10-3-2-6-16-13(10)11-7-17-18-8-11/h2-3,6-9,12H,1H3,(H,17,18)(H2,15,19,21). The fraction of sp³-hybridized carbons (Fsp3) is 0.143. The molecule has 2 heterocycles. The lowest BCUT2D eigenvalue weighted by molar-refractivity contribution is -0.108. The zero-order valence-electron chi connectivity index (χ0n) is 11.3. The minimum atomic E-state index is -0.887. The van der Waals surface area contributed by atoms with Crippen molar-refractivity contribution in [3.63, 3.8) is 0 Å². The quantitative estimate of drug-likeness (QED) is 0.558. The molecule has 3 N–H and O–H groups in total. The lowest BCUT2D eigenvalue weighted by Crippen LogP contribution is -2.40. The molecular formula is C14H13N5O2. The summed E-state index contributed by atoms with van der Waals surface area (Å²) in [4.78, 5) is 26.3. The molecule has 0 radical (unpaired) electrons. The Morgan fingerprint density at radius 2 is 2.38 bits per heavy atom. The monoisotopic (exact) mass is 283 g/mol. The third kappa shape index (κ3) is 3.67. The molecule has 21 heavy (non-hydrogen) atoms. The first-order chi connectivity index (χ1) is 10.2. The van der Waals surface area contributed by atoms with Crippen molar-refractivity contribution < 1.29 is 9.59 Å². The number of carbonyl (C=O) groups is 2. The first kappa shape index (κ1) is 14.3. The van der Waals surface area contributed by atoms with Crippen LogP contribution in [0, 0.1) is 11.8 Å². The second kappa shape index (κ2) is 6.86. The Morgan fingerprint density at radius 3 is 3.05 bits per heavy atom. The van der Waals surface area contributed by atoms with Crippen LogP contribution in [0.4, 0.5) is 4.79 Å². The van der Waals surface area contributed by atoms with Crippen molar-refractivity contribution in [2.45, 2.75) is 6.04 Å². The predicted molar refractivity (Wildman–Crippen MR) is 76.1 cm³/mol. The number of hydrogen-bond acceptors (Lipinski definition) is 4. The van der Waals surface area contributed by atoms with Crippen molar-refractivity contribution in [3.05, 3.63) is 36.3 Å². The van der Waals surface area contributed by atoms with Crippen LogP contribution in [0.15, 0.2) is 30.7 Å². The van der Waals surface area contributed by atoms with E-state index < -0.39 is 12.1 Å². The van der Waals surface area contributed by atoms with Gasteiger partial charge in [0.1, 0.15) is 6.04 Å². The molecule has 2 amide bonds. The van der Waals surface area contributed by atoms with Crippen LogP contribution in [0.5, 0.6) is 0 Å². The van der Waals surface area contributed by atoms with Gasteiger partial charge in [0.05, 0.1) is 17.5 Å². The molecule has 7 heteroatoms. The highest BCUT2D eigenvalue weighted by Crippen LogP contribution is 2.18. The lowest BCUT2D eigenvalue weighted by Gasteiger charge is -2.05. The summed E-state index contributed by atoms with van der Waals surface area (Å²) < 4.78 is 0. The van der Waals surface area contributed by atoms with Crippen LogP contribution in [0.2, 0.25) is 0 Å². The second-order valence-corrected chi connectivity index (χ2v) is 3.99. The van der Waals surface area contributed by atoms with Crippen molar-refractivity contribution >= 4 is 12.3 Å². The van der Waals surface area contributed by atoms with E-state index in [0.29, 0.717) is 17.5 Å². The third-order valence-corrected chi connectivity index (χ3v) is 2.59. The molecule has 0 aliphatic rings. The molecule has 0 fully saturated rings. The first-order valence-corrected chi connectivity index (χ1v) is 6.14. The molecule has 2 aromatic heterocycles. The number of aldehydes is 1. The molecule has 0 saturated carbocycles. The second-order valence-electron chi connectivity index (χ2n) is 3.99. The van der Waals surface area contributed by atoms with Crippen LogP contribution in [0.1, 0.15) is 5.56 Å². The fourth-order valence-corrected chi connectivity index (χ4v) is 1.59. The molecule has 0 bridgehead atoms. The highest BCUT2D eigenvalue weighted by molar-refractivity contribution is 5.79. The Balaban J connectivity index is 2.26. The van der Waals surface area contributed by atoms with Crippen LogP contribution in [0.3, 0.4) is 0 Å². The Labute approximate surface area is 121 Å². The Hall–Kier alpha value is -3.14. The summed E-state index contributed by atoms with van der Waals surface area (Å²) in [6, 6.07) is 2.17. The zero-order valence-corrected chi connectivity index (χ0v) is 11.3. The highest BCUT2D eigenvalue weighted by atomic mass is 16.2. The summed E-state index contributed by atoms with van der Waals surface area (Å²) >= 11 is 0. The van der Waals surface area contributed by atoms with Gasteiger partial charge < -0.3 is 10.6 Å². The van der Waals surface area contributed by atoms with Crippen molar-refractivity contribution in [3.8, 4) is 23.1 Å². The summed E-state index contributed by atoms with van der Waals surface area (Å²) in [6.07, 6.45) is 5.55. The molecule has 2 rings (SSSR count). The van der Waals surface area contributed by atoms with Gasteiger partial charge in [-0.3, -0.25) is 14.9 Å². The number of hydrogen-bond donors (Lipinski definition) is 3. The van der Waals surface area contributed by atoms with Gasteiger partial charge in [0, 0.05) is 25.0 Å². The number of H-pyrrole nitrogens is 1. The maximum atomic E-state index is 11.2. The molecule has 0 saturated heterocycles. The number of nitrogens with one attached hydrogen (secondary N) is 3. The highest BCUT2D eigenvalue weighted by Gasteiger charge is 2.08. The average molecular weight is 283 g/mol. The third-order valence-electron chi connectivity index (χ3n) is 2.59. The Bertz CT molecular complexity index is 685. The van der Waals surface area contributed by atoms with Crippen LogP contribution < -0.4 is 10.6 Å². The van der Waals surface area contributed by atoms with Crippen LogP contribution in [0.25, 0.3) is 11.3 Å². The van der Waals surface area contributed by atoms with Crippen molar-refractivity contribution in [1.82, 2.24) is 25.8 Å². The number of aromatic nitrogens is 3. The molecule has 7 nitrogen and oxygen atoms in total. The zero-order chi connectivity index (χ0) is 15.1. The van der Waals surface area contributed by atoms with E-state index in [1.54, 1.807) is 30.7 Å². The first-order valence-electron chi connectivity index (χ1n) is 6.14. The number of aromatic amines is 1. The van der Waals surface area contributed by atoms with E-state index in [2.05, 4.69) is 37.7 Å². The summed E-state index contributed by atoms with van der Waals surface area (Å²) in [5.41, 5.74) is 2.09. The fourth-order valence-electron chi connectivity index (χ4n) is 1.59. The summed E-state index contributed by atoms with van der Waals surface area (Å²) in [5.74, 6) is 5.55. The van der Waals surface area contributed by atoms with Gasteiger partial charge in [-0.15, -0.1) is 0 Å². The van der Waals surface area contributed by atoms with Gasteiger partial charge in [-0.05, 0) is 12.1 Å². The van der Waals surface area contributed by atoms with E-state index in [0.717, 1.165) is 5.56 Å². The van der Waals surface area contributed by atoms with E-state index in [9.17, 15) is 9.59 Å². The van der Waals surface area contributed by atoms with Crippen LogP contribution in [-0.4, -0.2) is 40.6 Å². The van der Waals surface area contributed by atoms with Gasteiger partial charge >= 0.3 is 6.03 Å². The van der Waals surface area contributed by atoms with Crippen molar-refractivity contribution in [2.24, 2.45) is 0 Å². The number of carbonyl (C=O) groups excluding carboxylic acids is 2. The minimum absolute atomic E-state index is 0.470.